The van der Waals surface area contributed by atoms with Crippen LogP contribution in [0.25, 0.3) is 0 Å². The molecule has 0 N–H and O–H groups in total. The van der Waals surface area contributed by atoms with Crippen molar-refractivity contribution < 1.29 is 9.47 Å². The lowest BCUT2D eigenvalue weighted by Gasteiger charge is -2.34. The lowest BCUT2D eigenvalue weighted by atomic mass is 9.95. The molecule has 0 saturated carbocycles. The zero-order valence-electron chi connectivity index (χ0n) is 9.00. The van der Waals surface area contributed by atoms with Crippen LogP contribution in [0.3, 0.4) is 0 Å². The monoisotopic (exact) mass is 270 g/mol. The standard InChI is InChI=1S/C12H15BrO2/c1-12(2)7-14-11(15-8-12)9-4-3-5-10(13)6-9/h3-6,11H,7-8H2,1-2H3. The number of benzene rings is 1. The van der Waals surface area contributed by atoms with E-state index in [0.29, 0.717) is 0 Å². The molecule has 1 aliphatic heterocycles. The van der Waals surface area contributed by atoms with Crippen molar-refractivity contribution in [2.24, 2.45) is 5.41 Å². The van der Waals surface area contributed by atoms with Crippen LogP contribution in [0.4, 0.5) is 0 Å². The zero-order chi connectivity index (χ0) is 10.9. The third kappa shape index (κ3) is 2.80. The van der Waals surface area contributed by atoms with Crippen molar-refractivity contribution in [3.8, 4) is 0 Å². The summed E-state index contributed by atoms with van der Waals surface area (Å²) in [5.41, 5.74) is 1.20. The minimum Gasteiger partial charge on any atom is -0.348 e. The smallest absolute Gasteiger partial charge is 0.183 e. The summed E-state index contributed by atoms with van der Waals surface area (Å²) in [6, 6.07) is 8.04. The van der Waals surface area contributed by atoms with Crippen molar-refractivity contribution in [1.29, 1.82) is 0 Å². The van der Waals surface area contributed by atoms with Crippen LogP contribution in [0, 0.1) is 5.41 Å². The van der Waals surface area contributed by atoms with E-state index in [1.807, 2.05) is 24.3 Å². The van der Waals surface area contributed by atoms with Crippen LogP contribution < -0.4 is 0 Å². The second-order valence-corrected chi connectivity index (χ2v) is 5.59. The van der Waals surface area contributed by atoms with Gasteiger partial charge in [0, 0.05) is 15.5 Å². The van der Waals surface area contributed by atoms with E-state index < -0.39 is 0 Å². The van der Waals surface area contributed by atoms with Crippen LogP contribution in [0.5, 0.6) is 0 Å². The lowest BCUT2D eigenvalue weighted by Crippen LogP contribution is -2.33. The molecule has 1 fully saturated rings. The van der Waals surface area contributed by atoms with Gasteiger partial charge in [0.05, 0.1) is 13.2 Å². The summed E-state index contributed by atoms with van der Waals surface area (Å²) in [5.74, 6) is 0. The Bertz CT molecular complexity index is 339. The molecule has 0 radical (unpaired) electrons. The molecule has 0 atom stereocenters. The average Bonchev–Trinajstić information content (AvgIpc) is 2.17. The van der Waals surface area contributed by atoms with E-state index in [4.69, 9.17) is 9.47 Å². The van der Waals surface area contributed by atoms with Gasteiger partial charge in [0.2, 0.25) is 0 Å². The third-order valence-corrected chi connectivity index (χ3v) is 2.86. The molecule has 1 aromatic rings. The van der Waals surface area contributed by atoms with Crippen molar-refractivity contribution in [3.05, 3.63) is 34.3 Å². The van der Waals surface area contributed by atoms with Crippen LogP contribution in [0.2, 0.25) is 0 Å². The Morgan fingerprint density at radius 3 is 2.53 bits per heavy atom. The van der Waals surface area contributed by atoms with Crippen molar-refractivity contribution >= 4 is 15.9 Å². The minimum absolute atomic E-state index is 0.127. The van der Waals surface area contributed by atoms with Crippen LogP contribution in [-0.4, -0.2) is 13.2 Å². The fraction of sp³-hybridized carbons (Fsp3) is 0.500. The first-order valence-electron chi connectivity index (χ1n) is 5.05. The molecule has 1 aliphatic rings. The number of hydrogen-bond acceptors (Lipinski definition) is 2. The minimum atomic E-state index is -0.212. The van der Waals surface area contributed by atoms with Crippen LogP contribution >= 0.6 is 15.9 Å². The van der Waals surface area contributed by atoms with Crippen LogP contribution in [-0.2, 0) is 9.47 Å². The molecule has 0 amide bonds. The van der Waals surface area contributed by atoms with E-state index in [9.17, 15) is 0 Å². The molecule has 82 valence electrons. The van der Waals surface area contributed by atoms with Gasteiger partial charge in [0.1, 0.15) is 0 Å². The lowest BCUT2D eigenvalue weighted by molar-refractivity contribution is -0.226. The quantitative estimate of drug-likeness (QED) is 0.778. The second-order valence-electron chi connectivity index (χ2n) is 4.67. The van der Waals surface area contributed by atoms with Gasteiger partial charge >= 0.3 is 0 Å². The number of hydrogen-bond donors (Lipinski definition) is 0. The third-order valence-electron chi connectivity index (χ3n) is 2.37. The van der Waals surface area contributed by atoms with E-state index in [1.165, 1.54) is 0 Å². The Labute approximate surface area is 98.7 Å². The SMILES string of the molecule is CC1(C)COC(c2cccc(Br)c2)OC1. The highest BCUT2D eigenvalue weighted by Gasteiger charge is 2.29. The van der Waals surface area contributed by atoms with E-state index in [0.717, 1.165) is 23.2 Å². The number of ether oxygens (including phenoxy) is 2. The molecule has 1 heterocycles. The molecule has 2 nitrogen and oxygen atoms in total. The Morgan fingerprint density at radius 2 is 1.93 bits per heavy atom. The summed E-state index contributed by atoms with van der Waals surface area (Å²) in [7, 11) is 0. The topological polar surface area (TPSA) is 18.5 Å². The predicted octanol–water partition coefficient (Wildman–Crippen LogP) is 3.52. The summed E-state index contributed by atoms with van der Waals surface area (Å²) >= 11 is 3.44. The zero-order valence-corrected chi connectivity index (χ0v) is 10.6. The largest absolute Gasteiger partial charge is 0.348 e. The van der Waals surface area contributed by atoms with Gasteiger partial charge in [-0.1, -0.05) is 41.9 Å². The van der Waals surface area contributed by atoms with Gasteiger partial charge < -0.3 is 9.47 Å². The predicted molar refractivity (Wildman–Crippen MR) is 62.6 cm³/mol. The maximum Gasteiger partial charge on any atom is 0.183 e. The number of rotatable bonds is 1. The molecule has 0 unspecified atom stereocenters. The first-order valence-corrected chi connectivity index (χ1v) is 5.85. The van der Waals surface area contributed by atoms with Crippen molar-refractivity contribution in [3.63, 3.8) is 0 Å². The molecule has 1 saturated heterocycles. The Balaban J connectivity index is 2.08. The molecule has 0 bridgehead atoms. The van der Waals surface area contributed by atoms with Crippen molar-refractivity contribution in [2.45, 2.75) is 20.1 Å². The highest BCUT2D eigenvalue weighted by molar-refractivity contribution is 9.10. The summed E-state index contributed by atoms with van der Waals surface area (Å²) in [6.45, 7) is 5.77. The van der Waals surface area contributed by atoms with Gasteiger partial charge in [-0.05, 0) is 12.1 Å². The van der Waals surface area contributed by atoms with Crippen LogP contribution in [0.1, 0.15) is 25.7 Å². The van der Waals surface area contributed by atoms with E-state index in [1.54, 1.807) is 0 Å². The fourth-order valence-electron chi connectivity index (χ4n) is 1.54. The highest BCUT2D eigenvalue weighted by atomic mass is 79.9. The molecule has 15 heavy (non-hydrogen) atoms. The van der Waals surface area contributed by atoms with E-state index in [2.05, 4.69) is 29.8 Å². The van der Waals surface area contributed by atoms with E-state index >= 15 is 0 Å². The van der Waals surface area contributed by atoms with Gasteiger partial charge in [0.15, 0.2) is 6.29 Å². The average molecular weight is 271 g/mol. The van der Waals surface area contributed by atoms with Gasteiger partial charge in [-0.25, -0.2) is 0 Å². The second kappa shape index (κ2) is 4.24. The van der Waals surface area contributed by atoms with E-state index in [-0.39, 0.29) is 11.7 Å². The normalized spacial score (nSPS) is 21.5. The molecule has 0 aromatic heterocycles. The van der Waals surface area contributed by atoms with Gasteiger partial charge in [0.25, 0.3) is 0 Å². The molecule has 2 rings (SSSR count). The first kappa shape index (κ1) is 11.1. The molecule has 0 spiro atoms. The fourth-order valence-corrected chi connectivity index (χ4v) is 1.95. The molecule has 0 aliphatic carbocycles. The van der Waals surface area contributed by atoms with Crippen molar-refractivity contribution in [2.75, 3.05) is 13.2 Å². The summed E-state index contributed by atoms with van der Waals surface area (Å²) in [6.07, 6.45) is -0.212. The molecular formula is C12H15BrO2. The van der Waals surface area contributed by atoms with Gasteiger partial charge in [-0.15, -0.1) is 0 Å². The summed E-state index contributed by atoms with van der Waals surface area (Å²) < 4.78 is 12.4. The first-order chi connectivity index (χ1) is 7.07. The number of halogens is 1. The van der Waals surface area contributed by atoms with Gasteiger partial charge in [-0.2, -0.15) is 0 Å². The maximum absolute atomic E-state index is 5.69. The molecule has 1 aromatic carbocycles. The Hall–Kier alpha value is -0.380. The Morgan fingerprint density at radius 1 is 1.27 bits per heavy atom. The van der Waals surface area contributed by atoms with Gasteiger partial charge in [-0.3, -0.25) is 0 Å². The Kier molecular flexibility index (Phi) is 3.14. The molecular weight excluding hydrogens is 256 g/mol. The van der Waals surface area contributed by atoms with Crippen LogP contribution in [0.15, 0.2) is 28.7 Å². The maximum atomic E-state index is 5.69. The summed E-state index contributed by atoms with van der Waals surface area (Å²) in [5, 5.41) is 0. The van der Waals surface area contributed by atoms with Crippen molar-refractivity contribution in [1.82, 2.24) is 0 Å². The summed E-state index contributed by atoms with van der Waals surface area (Å²) in [4.78, 5) is 0. The molecule has 3 heteroatoms. The highest BCUT2D eigenvalue weighted by Crippen LogP contribution is 2.31.